The maximum absolute atomic E-state index is 6.05. The number of aromatic nitrogens is 1. The van der Waals surface area contributed by atoms with Crippen molar-refractivity contribution in [1.29, 1.82) is 0 Å². The minimum Gasteiger partial charge on any atom is -0.454 e. The molecule has 3 rings (SSSR count). The Kier molecular flexibility index (Phi) is 4.27. The van der Waals surface area contributed by atoms with E-state index in [2.05, 4.69) is 42.9 Å². The van der Waals surface area contributed by atoms with E-state index in [1.165, 1.54) is 5.56 Å². The molecule has 2 aromatic carbocycles. The van der Waals surface area contributed by atoms with Crippen LogP contribution < -0.4 is 4.74 Å². The van der Waals surface area contributed by atoms with Gasteiger partial charge in [0.25, 0.3) is 0 Å². The summed E-state index contributed by atoms with van der Waals surface area (Å²) < 4.78 is 6.99. The summed E-state index contributed by atoms with van der Waals surface area (Å²) in [6, 6.07) is 16.1. The summed E-state index contributed by atoms with van der Waals surface area (Å²) in [6.07, 6.45) is 0. The third-order valence-electron chi connectivity index (χ3n) is 3.19. The van der Waals surface area contributed by atoms with Gasteiger partial charge in [0, 0.05) is 16.4 Å². The molecule has 0 radical (unpaired) electrons. The van der Waals surface area contributed by atoms with Crippen LogP contribution in [0.4, 0.5) is 0 Å². The van der Waals surface area contributed by atoms with E-state index in [1.807, 2.05) is 49.4 Å². The molecular formula is C17H13Br2NO. The van der Waals surface area contributed by atoms with Gasteiger partial charge in [-0.2, -0.15) is 0 Å². The van der Waals surface area contributed by atoms with Crippen molar-refractivity contribution in [1.82, 2.24) is 4.98 Å². The van der Waals surface area contributed by atoms with Gasteiger partial charge in [0.1, 0.15) is 11.3 Å². The van der Waals surface area contributed by atoms with Gasteiger partial charge in [-0.15, -0.1) is 0 Å². The Bertz CT molecular complexity index is 802. The minimum atomic E-state index is 0.767. The molecule has 0 saturated carbocycles. The molecule has 1 aromatic heterocycles. The first kappa shape index (κ1) is 14.5. The summed E-state index contributed by atoms with van der Waals surface area (Å²) in [5.41, 5.74) is 3.06. The maximum atomic E-state index is 6.05. The fourth-order valence-electron chi connectivity index (χ4n) is 2.13. The van der Waals surface area contributed by atoms with Crippen LogP contribution in [0, 0.1) is 6.92 Å². The molecule has 0 atom stereocenters. The summed E-state index contributed by atoms with van der Waals surface area (Å²) in [5, 5.41) is 1.90. The van der Waals surface area contributed by atoms with E-state index in [0.29, 0.717) is 0 Å². The SMILES string of the molecule is Cc1ccc2cccc(Oc3ccc(CBr)cc3Br)c2n1. The van der Waals surface area contributed by atoms with Crippen molar-refractivity contribution >= 4 is 42.8 Å². The Morgan fingerprint density at radius 1 is 1.05 bits per heavy atom. The highest BCUT2D eigenvalue weighted by atomic mass is 79.9. The van der Waals surface area contributed by atoms with Crippen molar-refractivity contribution in [2.24, 2.45) is 0 Å². The van der Waals surface area contributed by atoms with Crippen LogP contribution in [0.1, 0.15) is 11.3 Å². The van der Waals surface area contributed by atoms with Gasteiger partial charge < -0.3 is 4.74 Å². The molecule has 106 valence electrons. The number of ether oxygens (including phenoxy) is 1. The zero-order valence-corrected chi connectivity index (χ0v) is 14.6. The van der Waals surface area contributed by atoms with Crippen molar-refractivity contribution in [2.45, 2.75) is 12.3 Å². The predicted octanol–water partition coefficient (Wildman–Crippen LogP) is 5.99. The first-order chi connectivity index (χ1) is 10.2. The lowest BCUT2D eigenvalue weighted by Gasteiger charge is -2.11. The molecule has 1 heterocycles. The number of alkyl halides is 1. The van der Waals surface area contributed by atoms with Gasteiger partial charge in [-0.1, -0.05) is 40.2 Å². The van der Waals surface area contributed by atoms with E-state index in [-0.39, 0.29) is 0 Å². The smallest absolute Gasteiger partial charge is 0.153 e. The van der Waals surface area contributed by atoms with Crippen molar-refractivity contribution in [3.63, 3.8) is 0 Å². The second kappa shape index (κ2) is 6.16. The number of hydrogen-bond donors (Lipinski definition) is 0. The van der Waals surface area contributed by atoms with E-state index in [9.17, 15) is 0 Å². The van der Waals surface area contributed by atoms with Crippen LogP contribution in [-0.2, 0) is 5.33 Å². The molecule has 0 aliphatic rings. The molecule has 0 amide bonds. The quantitative estimate of drug-likeness (QED) is 0.498. The lowest BCUT2D eigenvalue weighted by molar-refractivity contribution is 0.484. The summed E-state index contributed by atoms with van der Waals surface area (Å²) >= 11 is 7.01. The molecule has 0 spiro atoms. The molecule has 0 N–H and O–H groups in total. The number of fused-ring (bicyclic) bond motifs is 1. The number of hydrogen-bond acceptors (Lipinski definition) is 2. The maximum Gasteiger partial charge on any atom is 0.153 e. The highest BCUT2D eigenvalue weighted by Crippen LogP contribution is 2.34. The summed E-state index contributed by atoms with van der Waals surface area (Å²) in [5.74, 6) is 1.55. The minimum absolute atomic E-state index is 0.767. The largest absolute Gasteiger partial charge is 0.454 e. The molecular weight excluding hydrogens is 394 g/mol. The molecule has 0 saturated heterocycles. The lowest BCUT2D eigenvalue weighted by atomic mass is 10.2. The standard InChI is InChI=1S/C17H13Br2NO/c1-11-5-7-13-3-2-4-16(17(13)20-11)21-15-8-6-12(10-18)9-14(15)19/h2-9H,10H2,1H3. The summed E-state index contributed by atoms with van der Waals surface area (Å²) in [4.78, 5) is 4.59. The van der Waals surface area contributed by atoms with Crippen LogP contribution in [0.15, 0.2) is 53.0 Å². The van der Waals surface area contributed by atoms with Crippen molar-refractivity contribution < 1.29 is 4.74 Å². The summed E-state index contributed by atoms with van der Waals surface area (Å²) in [7, 11) is 0. The third-order valence-corrected chi connectivity index (χ3v) is 4.46. The molecule has 4 heteroatoms. The molecule has 0 fully saturated rings. The number of halogens is 2. The van der Waals surface area contributed by atoms with E-state index < -0.39 is 0 Å². The highest BCUT2D eigenvalue weighted by molar-refractivity contribution is 9.10. The topological polar surface area (TPSA) is 22.1 Å². The number of aryl methyl sites for hydroxylation is 1. The third kappa shape index (κ3) is 3.11. The van der Waals surface area contributed by atoms with E-state index in [4.69, 9.17) is 4.74 Å². The second-order valence-corrected chi connectivity index (χ2v) is 6.20. The number of rotatable bonds is 3. The normalized spacial score (nSPS) is 10.8. The van der Waals surface area contributed by atoms with Crippen LogP contribution in [0.2, 0.25) is 0 Å². The van der Waals surface area contributed by atoms with Gasteiger partial charge in [0.2, 0.25) is 0 Å². The van der Waals surface area contributed by atoms with Gasteiger partial charge >= 0.3 is 0 Å². The molecule has 3 aromatic rings. The van der Waals surface area contributed by atoms with Crippen LogP contribution in [-0.4, -0.2) is 4.98 Å². The second-order valence-electron chi connectivity index (χ2n) is 4.78. The molecule has 0 aliphatic heterocycles. The number of pyridine rings is 1. The van der Waals surface area contributed by atoms with Gasteiger partial charge in [0.15, 0.2) is 5.75 Å². The molecule has 2 nitrogen and oxygen atoms in total. The van der Waals surface area contributed by atoms with E-state index in [0.717, 1.165) is 37.9 Å². The van der Waals surface area contributed by atoms with Gasteiger partial charge in [0.05, 0.1) is 4.47 Å². The molecule has 21 heavy (non-hydrogen) atoms. The van der Waals surface area contributed by atoms with Crippen LogP contribution in [0.3, 0.4) is 0 Å². The van der Waals surface area contributed by atoms with E-state index >= 15 is 0 Å². The van der Waals surface area contributed by atoms with Crippen molar-refractivity contribution in [2.75, 3.05) is 0 Å². The Hall–Kier alpha value is -1.39. The van der Waals surface area contributed by atoms with Gasteiger partial charge in [-0.05, 0) is 52.7 Å². The Labute approximate surface area is 140 Å². The summed E-state index contributed by atoms with van der Waals surface area (Å²) in [6.45, 7) is 1.98. The average Bonchev–Trinajstić information content (AvgIpc) is 2.49. The Balaban J connectivity index is 2.04. The molecule has 0 aliphatic carbocycles. The Morgan fingerprint density at radius 2 is 1.90 bits per heavy atom. The zero-order valence-electron chi connectivity index (χ0n) is 11.4. The van der Waals surface area contributed by atoms with E-state index in [1.54, 1.807) is 0 Å². The highest BCUT2D eigenvalue weighted by Gasteiger charge is 2.08. The average molecular weight is 407 g/mol. The van der Waals surface area contributed by atoms with Crippen LogP contribution in [0.25, 0.3) is 10.9 Å². The fraction of sp³-hybridized carbons (Fsp3) is 0.118. The lowest BCUT2D eigenvalue weighted by Crippen LogP contribution is -1.91. The number of para-hydroxylation sites is 1. The van der Waals surface area contributed by atoms with Crippen LogP contribution in [0.5, 0.6) is 11.5 Å². The molecule has 0 bridgehead atoms. The number of benzene rings is 2. The number of nitrogens with zero attached hydrogens (tertiary/aromatic N) is 1. The first-order valence-electron chi connectivity index (χ1n) is 6.56. The van der Waals surface area contributed by atoms with Crippen molar-refractivity contribution in [3.05, 3.63) is 64.3 Å². The fourth-order valence-corrected chi connectivity index (χ4v) is 2.98. The first-order valence-corrected chi connectivity index (χ1v) is 8.47. The van der Waals surface area contributed by atoms with Crippen molar-refractivity contribution in [3.8, 4) is 11.5 Å². The van der Waals surface area contributed by atoms with Gasteiger partial charge in [-0.25, -0.2) is 4.98 Å². The predicted molar refractivity (Wildman–Crippen MR) is 93.3 cm³/mol. The Morgan fingerprint density at radius 3 is 2.67 bits per heavy atom. The zero-order chi connectivity index (χ0) is 14.8. The monoisotopic (exact) mass is 405 g/mol. The van der Waals surface area contributed by atoms with Crippen LogP contribution >= 0.6 is 31.9 Å². The molecule has 0 unspecified atom stereocenters. The van der Waals surface area contributed by atoms with Gasteiger partial charge in [-0.3, -0.25) is 0 Å².